The topological polar surface area (TPSA) is 400 Å². The standard InChI is InChI=1S/C53H84O25/c1-48(2)14-22-21-8-9-26-49(3)12-11-30(52(6,47(69)70-7)27(49)10-13-50(26,4)51(21,5)16-29(59)53(22,20-55)28(58)15-48)74-46-41(78-44-36(65)34(63)33(62)25(17-54)73-44)38(37(66)39(76-46)42(67)68)75-45-40(32(61)24(57)19-72-45)77-43-35(64)31(60)23(56)18-71-43/h8,22-41,43-46,54-66H,9-20H2,1-7H3,(H,67,68)/t22-,23+,24-,25+,26+,27+,28-,29+,30-,31-,32-,33-,34-,35+,36+,37-,38-,39-,40+,41+,43-,44-,45-,46+,49+,50+,51+,52-,53+/m0/s1. The Balaban J connectivity index is 1.07. The number of carbonyl (C=O) groups excluding carboxylic acids is 1. The normalized spacial score (nSPS) is 54.1. The Hall–Kier alpha value is -2.16. The van der Waals surface area contributed by atoms with Crippen molar-refractivity contribution in [2.45, 2.75) is 222 Å². The predicted molar refractivity (Wildman–Crippen MR) is 260 cm³/mol. The Kier molecular flexibility index (Phi) is 16.9. The molecule has 25 heteroatoms. The van der Waals surface area contributed by atoms with E-state index in [1.54, 1.807) is 6.92 Å². The van der Waals surface area contributed by atoms with Crippen molar-refractivity contribution < 1.29 is 124 Å². The summed E-state index contributed by atoms with van der Waals surface area (Å²) in [5.41, 5.74) is -3.58. The van der Waals surface area contributed by atoms with Crippen molar-refractivity contribution >= 4 is 11.9 Å². The monoisotopic (exact) mass is 1120 g/mol. The second-order valence-electron chi connectivity index (χ2n) is 25.6. The average Bonchev–Trinajstić information content (AvgIpc) is 3.29. The van der Waals surface area contributed by atoms with Crippen LogP contribution in [0.15, 0.2) is 11.6 Å². The van der Waals surface area contributed by atoms with Gasteiger partial charge in [0.1, 0.15) is 79.4 Å². The number of ether oxygens (including phenoxy) is 9. The van der Waals surface area contributed by atoms with Gasteiger partial charge in [-0.1, -0.05) is 46.3 Å². The number of carbonyl (C=O) groups is 2. The van der Waals surface area contributed by atoms with Crippen LogP contribution in [0.1, 0.15) is 92.9 Å². The number of hydrogen-bond donors (Lipinski definition) is 14. The number of aliphatic hydroxyl groups is 13. The second kappa shape index (κ2) is 21.8. The summed E-state index contributed by atoms with van der Waals surface area (Å²) in [4.78, 5) is 27.9. The van der Waals surface area contributed by atoms with Crippen LogP contribution in [0.2, 0.25) is 0 Å². The summed E-state index contributed by atoms with van der Waals surface area (Å²) in [5, 5.41) is 154. The predicted octanol–water partition coefficient (Wildman–Crippen LogP) is -3.10. The minimum Gasteiger partial charge on any atom is -0.479 e. The lowest BCUT2D eigenvalue weighted by molar-refractivity contribution is -0.399. The summed E-state index contributed by atoms with van der Waals surface area (Å²) >= 11 is 0. The van der Waals surface area contributed by atoms with E-state index in [0.717, 1.165) is 5.57 Å². The van der Waals surface area contributed by atoms with Gasteiger partial charge in [0.25, 0.3) is 0 Å². The van der Waals surface area contributed by atoms with Crippen molar-refractivity contribution in [1.82, 2.24) is 0 Å². The van der Waals surface area contributed by atoms with Gasteiger partial charge in [-0.3, -0.25) is 4.79 Å². The van der Waals surface area contributed by atoms with Gasteiger partial charge in [0, 0.05) is 0 Å². The van der Waals surface area contributed by atoms with Crippen molar-refractivity contribution in [3.05, 3.63) is 11.6 Å². The third-order valence-electron chi connectivity index (χ3n) is 21.1. The summed E-state index contributed by atoms with van der Waals surface area (Å²) in [7, 11) is 1.23. The third-order valence-corrected chi connectivity index (χ3v) is 21.1. The van der Waals surface area contributed by atoms with Gasteiger partial charge in [-0.15, -0.1) is 0 Å². The van der Waals surface area contributed by atoms with Crippen molar-refractivity contribution in [2.24, 2.45) is 50.2 Å². The van der Waals surface area contributed by atoms with E-state index >= 15 is 0 Å². The fraction of sp³-hybridized carbons (Fsp3) is 0.925. The van der Waals surface area contributed by atoms with E-state index in [1.165, 1.54) is 7.11 Å². The fourth-order valence-corrected chi connectivity index (χ4v) is 16.5. The smallest absolute Gasteiger partial charge is 0.335 e. The van der Waals surface area contributed by atoms with Crippen LogP contribution in [0.4, 0.5) is 0 Å². The number of aliphatic hydroxyl groups excluding tert-OH is 13. The van der Waals surface area contributed by atoms with E-state index in [0.29, 0.717) is 38.5 Å². The van der Waals surface area contributed by atoms with Gasteiger partial charge in [-0.25, -0.2) is 4.79 Å². The van der Waals surface area contributed by atoms with E-state index < -0.39 is 194 Å². The summed E-state index contributed by atoms with van der Waals surface area (Å²) < 4.78 is 53.8. The molecule has 4 aliphatic heterocycles. The molecular weight excluding hydrogens is 1040 g/mol. The van der Waals surface area contributed by atoms with Gasteiger partial charge < -0.3 is 114 Å². The number of hydrogen-bond acceptors (Lipinski definition) is 24. The van der Waals surface area contributed by atoms with Crippen LogP contribution in [0.5, 0.6) is 0 Å². The summed E-state index contributed by atoms with van der Waals surface area (Å²) in [6, 6.07) is 0. The quantitative estimate of drug-likeness (QED) is 0.0523. The molecule has 0 spiro atoms. The van der Waals surface area contributed by atoms with Crippen LogP contribution < -0.4 is 0 Å². The Morgan fingerprint density at radius 1 is 0.628 bits per heavy atom. The highest BCUT2D eigenvalue weighted by Gasteiger charge is 2.73. The van der Waals surface area contributed by atoms with Crippen LogP contribution in [0.3, 0.4) is 0 Å². The van der Waals surface area contributed by atoms with Crippen molar-refractivity contribution in [2.75, 3.05) is 33.5 Å². The maximum Gasteiger partial charge on any atom is 0.335 e. The number of fused-ring (bicyclic) bond motifs is 7. The van der Waals surface area contributed by atoms with E-state index in [1.807, 2.05) is 0 Å². The number of carboxylic acid groups (broad SMARTS) is 1. The van der Waals surface area contributed by atoms with Crippen molar-refractivity contribution in [1.29, 1.82) is 0 Å². The van der Waals surface area contributed by atoms with Crippen molar-refractivity contribution in [3.8, 4) is 0 Å². The second-order valence-corrected chi connectivity index (χ2v) is 25.6. The summed E-state index contributed by atoms with van der Waals surface area (Å²) in [5.74, 6) is -3.35. The number of esters is 1. The SMILES string of the molecule is COC(=O)[C@]1(C)[C@@H](O[C@@H]2O[C@H](C(=O)O)[C@@H](O)[C@H](O[C@@H]3OC[C@H](O)[C@H](O)[C@H]3O[C@@H]3OC[C@@H](O)[C@H](O)[C@H]3O)[C@H]2O[C@@H]2O[C@H](CO)[C@H](O)[C@H](O)[C@H]2O)CC[C@@]2(C)[C@H]1CC[C@]1(C)[C@@H]2CC=C2[C@@H]3CC(C)(C)C[C@H](O)[C@]3(CO)[C@H](O)C[C@]21C. The first-order valence-corrected chi connectivity index (χ1v) is 27.4. The highest BCUT2D eigenvalue weighted by atomic mass is 16.8. The summed E-state index contributed by atoms with van der Waals surface area (Å²) in [6.07, 6.45) is -32.0. The van der Waals surface area contributed by atoms with Gasteiger partial charge in [-0.2, -0.15) is 0 Å². The number of methoxy groups -OCH3 is 1. The molecule has 4 saturated heterocycles. The molecule has 9 aliphatic rings. The molecule has 5 aliphatic carbocycles. The third kappa shape index (κ3) is 9.43. The van der Waals surface area contributed by atoms with Gasteiger partial charge in [-0.05, 0) is 97.7 Å². The van der Waals surface area contributed by atoms with Gasteiger partial charge in [0.15, 0.2) is 31.3 Å². The maximum absolute atomic E-state index is 14.8. The highest BCUT2D eigenvalue weighted by Crippen LogP contribution is 2.76. The van der Waals surface area contributed by atoms with E-state index in [4.69, 9.17) is 42.6 Å². The number of rotatable bonds is 12. The Labute approximate surface area is 451 Å². The molecule has 0 aromatic rings. The Morgan fingerprint density at radius 2 is 1.24 bits per heavy atom. The summed E-state index contributed by atoms with van der Waals surface area (Å²) in [6.45, 7) is 9.98. The minimum atomic E-state index is -2.27. The lowest BCUT2D eigenvalue weighted by Crippen LogP contribution is -2.70. The first kappa shape index (κ1) is 60.4. The van der Waals surface area contributed by atoms with Gasteiger partial charge in [0.05, 0.1) is 62.7 Å². The zero-order valence-electron chi connectivity index (χ0n) is 45.2. The molecule has 0 aromatic heterocycles. The number of carboxylic acids is 1. The van der Waals surface area contributed by atoms with Crippen LogP contribution in [-0.2, 0) is 52.2 Å². The molecule has 78 heavy (non-hydrogen) atoms. The molecule has 14 N–H and O–H groups in total. The number of aliphatic carboxylic acids is 1. The molecule has 0 bridgehead atoms. The zero-order valence-corrected chi connectivity index (χ0v) is 45.2. The Bertz CT molecular complexity index is 2200. The van der Waals surface area contributed by atoms with Gasteiger partial charge in [0.2, 0.25) is 0 Å². The molecule has 4 heterocycles. The fourth-order valence-electron chi connectivity index (χ4n) is 16.5. The molecule has 29 atom stereocenters. The largest absolute Gasteiger partial charge is 0.479 e. The highest BCUT2D eigenvalue weighted by molar-refractivity contribution is 5.78. The van der Waals surface area contributed by atoms with E-state index in [2.05, 4.69) is 40.7 Å². The lowest BCUT2D eigenvalue weighted by Gasteiger charge is -2.72. The molecule has 0 unspecified atom stereocenters. The molecule has 4 saturated carbocycles. The maximum atomic E-state index is 14.8. The first-order valence-electron chi connectivity index (χ1n) is 27.4. The first-order chi connectivity index (χ1) is 36.5. The molecule has 8 fully saturated rings. The van der Waals surface area contributed by atoms with Gasteiger partial charge >= 0.3 is 11.9 Å². The van der Waals surface area contributed by atoms with Crippen molar-refractivity contribution in [3.63, 3.8) is 0 Å². The minimum absolute atomic E-state index is 0.103. The Morgan fingerprint density at radius 3 is 1.88 bits per heavy atom. The molecule has 25 nitrogen and oxygen atoms in total. The van der Waals surface area contributed by atoms with Crippen LogP contribution in [0.25, 0.3) is 0 Å². The molecule has 0 radical (unpaired) electrons. The molecule has 446 valence electrons. The average molecular weight is 1120 g/mol. The van der Waals surface area contributed by atoms with Crippen LogP contribution in [0, 0.1) is 50.2 Å². The number of allylic oxidation sites excluding steroid dienone is 2. The van der Waals surface area contributed by atoms with E-state index in [-0.39, 0.29) is 36.7 Å². The molecular formula is C53H84O25. The molecule has 9 rings (SSSR count). The lowest BCUT2D eigenvalue weighted by atomic mass is 9.33. The molecule has 0 aromatic carbocycles. The zero-order chi connectivity index (χ0) is 57.1. The van der Waals surface area contributed by atoms with Crippen LogP contribution in [-0.4, -0.2) is 246 Å². The van der Waals surface area contributed by atoms with E-state index in [9.17, 15) is 81.1 Å². The van der Waals surface area contributed by atoms with Crippen LogP contribution >= 0.6 is 0 Å². The molecule has 0 amide bonds.